The number of ether oxygens (including phenoxy) is 1. The quantitative estimate of drug-likeness (QED) is 0.275. The molecule has 2 N–H and O–H groups in total. The largest absolute Gasteiger partial charge is 0.489 e. The van der Waals surface area contributed by atoms with E-state index < -0.39 is 0 Å². The van der Waals surface area contributed by atoms with Gasteiger partial charge in [0, 0.05) is 39.8 Å². The zero-order chi connectivity index (χ0) is 24.6. The molecule has 0 radical (unpaired) electrons. The highest BCUT2D eigenvalue weighted by molar-refractivity contribution is 6.01. The summed E-state index contributed by atoms with van der Waals surface area (Å²) in [5, 5.41) is 9.88. The molecule has 0 saturated heterocycles. The maximum absolute atomic E-state index is 6.25. The number of fused-ring (bicyclic) bond motifs is 2. The number of pyridine rings is 3. The van der Waals surface area contributed by atoms with Crippen LogP contribution in [0.4, 0.5) is 0 Å². The van der Waals surface area contributed by atoms with Gasteiger partial charge in [0.1, 0.15) is 11.4 Å². The number of H-pyrrole nitrogens is 2. The van der Waals surface area contributed by atoms with Gasteiger partial charge in [-0.1, -0.05) is 24.6 Å². The maximum Gasteiger partial charge on any atom is 0.138 e. The van der Waals surface area contributed by atoms with Crippen LogP contribution < -0.4 is 4.74 Å². The Morgan fingerprint density at radius 1 is 0.784 bits per heavy atom. The van der Waals surface area contributed by atoms with E-state index in [2.05, 4.69) is 54.4 Å². The van der Waals surface area contributed by atoms with Crippen molar-refractivity contribution in [3.05, 3.63) is 79.4 Å². The van der Waals surface area contributed by atoms with E-state index in [1.54, 1.807) is 6.20 Å². The fourth-order valence-corrected chi connectivity index (χ4v) is 5.31. The van der Waals surface area contributed by atoms with Crippen molar-refractivity contribution in [1.82, 2.24) is 30.1 Å². The predicted molar refractivity (Wildman–Crippen MR) is 145 cm³/mol. The number of aromatic amines is 2. The lowest BCUT2D eigenvalue weighted by Gasteiger charge is -2.22. The van der Waals surface area contributed by atoms with Gasteiger partial charge in [0.2, 0.25) is 0 Å². The van der Waals surface area contributed by atoms with Gasteiger partial charge in [-0.15, -0.1) is 0 Å². The molecule has 7 rings (SSSR count). The number of nitrogens with one attached hydrogen (secondary N) is 2. The molecule has 0 amide bonds. The standard InChI is InChI=1S/C30H26N6O/c1-2-7-20(8-3-1)37-21-13-19(16-31-17-21)27-15-24-29(18-33-27)35-36-30(24)28-14-23-22(9-6-11-26(23)34-28)25-10-4-5-12-32-25/h4-6,9-18,20,34H,1-3,7-8H2,(H,35,36). The van der Waals surface area contributed by atoms with E-state index in [0.717, 1.165) is 74.3 Å². The molecule has 1 fully saturated rings. The summed E-state index contributed by atoms with van der Waals surface area (Å²) in [6.07, 6.45) is 13.5. The van der Waals surface area contributed by atoms with E-state index in [1.807, 2.05) is 48.9 Å². The third-order valence-electron chi connectivity index (χ3n) is 7.17. The first-order valence-corrected chi connectivity index (χ1v) is 12.8. The third kappa shape index (κ3) is 4.12. The Morgan fingerprint density at radius 3 is 2.62 bits per heavy atom. The minimum atomic E-state index is 0.278. The number of benzene rings is 1. The van der Waals surface area contributed by atoms with Gasteiger partial charge in [-0.2, -0.15) is 5.10 Å². The van der Waals surface area contributed by atoms with Crippen molar-refractivity contribution in [2.75, 3.05) is 0 Å². The van der Waals surface area contributed by atoms with Crippen molar-refractivity contribution in [1.29, 1.82) is 0 Å². The van der Waals surface area contributed by atoms with Crippen LogP contribution in [-0.4, -0.2) is 36.2 Å². The molecule has 0 atom stereocenters. The van der Waals surface area contributed by atoms with Gasteiger partial charge < -0.3 is 9.72 Å². The Bertz CT molecular complexity index is 1700. The predicted octanol–water partition coefficient (Wildman–Crippen LogP) is 6.94. The van der Waals surface area contributed by atoms with E-state index in [-0.39, 0.29) is 6.10 Å². The second kappa shape index (κ2) is 9.17. The molecule has 1 aromatic carbocycles. The zero-order valence-corrected chi connectivity index (χ0v) is 20.3. The third-order valence-corrected chi connectivity index (χ3v) is 7.17. The Kier molecular flexibility index (Phi) is 5.39. The Labute approximate surface area is 214 Å². The number of nitrogens with zero attached hydrogens (tertiary/aromatic N) is 4. The Hall–Kier alpha value is -4.52. The molecule has 1 aliphatic carbocycles. The molecule has 7 nitrogen and oxygen atoms in total. The topological polar surface area (TPSA) is 92.4 Å². The number of aromatic nitrogens is 6. The van der Waals surface area contributed by atoms with Gasteiger partial charge in [-0.3, -0.25) is 20.1 Å². The minimum absolute atomic E-state index is 0.278. The summed E-state index contributed by atoms with van der Waals surface area (Å²) in [7, 11) is 0. The lowest BCUT2D eigenvalue weighted by atomic mass is 9.98. The van der Waals surface area contributed by atoms with Crippen molar-refractivity contribution in [3.63, 3.8) is 0 Å². The molecule has 5 aromatic heterocycles. The van der Waals surface area contributed by atoms with Gasteiger partial charge in [0.25, 0.3) is 0 Å². The number of rotatable bonds is 5. The van der Waals surface area contributed by atoms with Gasteiger partial charge >= 0.3 is 0 Å². The first kappa shape index (κ1) is 21.7. The van der Waals surface area contributed by atoms with Gasteiger partial charge in [-0.25, -0.2) is 0 Å². The number of hydrogen-bond acceptors (Lipinski definition) is 5. The molecule has 182 valence electrons. The summed E-state index contributed by atoms with van der Waals surface area (Å²) in [5.74, 6) is 0.802. The first-order valence-electron chi connectivity index (χ1n) is 12.8. The molecule has 6 aromatic rings. The fraction of sp³-hybridized carbons (Fsp3) is 0.200. The molecule has 1 saturated carbocycles. The van der Waals surface area contributed by atoms with Crippen molar-refractivity contribution in [2.45, 2.75) is 38.2 Å². The lowest BCUT2D eigenvalue weighted by molar-refractivity contribution is 0.154. The molecular formula is C30H26N6O. The summed E-state index contributed by atoms with van der Waals surface area (Å²) in [4.78, 5) is 17.2. The van der Waals surface area contributed by atoms with E-state index in [9.17, 15) is 0 Å². The van der Waals surface area contributed by atoms with Crippen molar-refractivity contribution in [2.24, 2.45) is 0 Å². The zero-order valence-electron chi connectivity index (χ0n) is 20.3. The molecule has 0 spiro atoms. The molecule has 0 aliphatic heterocycles. The van der Waals surface area contributed by atoms with Crippen LogP contribution >= 0.6 is 0 Å². The maximum atomic E-state index is 6.25. The summed E-state index contributed by atoms with van der Waals surface area (Å²) < 4.78 is 6.25. The Morgan fingerprint density at radius 2 is 1.73 bits per heavy atom. The van der Waals surface area contributed by atoms with Gasteiger partial charge in [-0.05, 0) is 62.1 Å². The molecule has 37 heavy (non-hydrogen) atoms. The van der Waals surface area contributed by atoms with Crippen LogP contribution in [-0.2, 0) is 0 Å². The molecule has 1 aliphatic rings. The molecule has 0 bridgehead atoms. The highest BCUT2D eigenvalue weighted by Gasteiger charge is 2.17. The average Bonchev–Trinajstić information content (AvgIpc) is 3.58. The van der Waals surface area contributed by atoms with Gasteiger partial charge in [0.15, 0.2) is 0 Å². The van der Waals surface area contributed by atoms with Crippen LogP contribution in [0.3, 0.4) is 0 Å². The summed E-state index contributed by atoms with van der Waals surface area (Å²) >= 11 is 0. The van der Waals surface area contributed by atoms with Crippen molar-refractivity contribution >= 4 is 21.8 Å². The van der Waals surface area contributed by atoms with Crippen molar-refractivity contribution < 1.29 is 4.74 Å². The molecular weight excluding hydrogens is 460 g/mol. The number of hydrogen-bond donors (Lipinski definition) is 2. The van der Waals surface area contributed by atoms with Gasteiger partial charge in [0.05, 0.1) is 41.1 Å². The first-order chi connectivity index (χ1) is 18.3. The lowest BCUT2D eigenvalue weighted by Crippen LogP contribution is -2.19. The second-order valence-corrected chi connectivity index (χ2v) is 9.64. The summed E-state index contributed by atoms with van der Waals surface area (Å²) in [5.41, 5.74) is 7.51. The van der Waals surface area contributed by atoms with E-state index in [4.69, 9.17) is 4.74 Å². The van der Waals surface area contributed by atoms with Crippen LogP contribution in [0.5, 0.6) is 5.75 Å². The monoisotopic (exact) mass is 486 g/mol. The van der Waals surface area contributed by atoms with Crippen LogP contribution in [0.15, 0.2) is 79.4 Å². The molecule has 7 heteroatoms. The fourth-order valence-electron chi connectivity index (χ4n) is 5.31. The van der Waals surface area contributed by atoms with E-state index in [0.29, 0.717) is 0 Å². The van der Waals surface area contributed by atoms with E-state index >= 15 is 0 Å². The van der Waals surface area contributed by atoms with Crippen LogP contribution in [0.2, 0.25) is 0 Å². The highest BCUT2D eigenvalue weighted by Crippen LogP contribution is 2.34. The summed E-state index contributed by atoms with van der Waals surface area (Å²) in [6.45, 7) is 0. The smallest absolute Gasteiger partial charge is 0.138 e. The normalized spacial score (nSPS) is 14.4. The van der Waals surface area contributed by atoms with Crippen LogP contribution in [0.1, 0.15) is 32.1 Å². The van der Waals surface area contributed by atoms with Crippen LogP contribution in [0, 0.1) is 0 Å². The Balaban J connectivity index is 1.26. The van der Waals surface area contributed by atoms with E-state index in [1.165, 1.54) is 19.3 Å². The molecule has 5 heterocycles. The average molecular weight is 487 g/mol. The minimum Gasteiger partial charge on any atom is -0.489 e. The molecule has 0 unspecified atom stereocenters. The van der Waals surface area contributed by atoms with Crippen molar-refractivity contribution in [3.8, 4) is 39.7 Å². The highest BCUT2D eigenvalue weighted by atomic mass is 16.5. The second-order valence-electron chi connectivity index (χ2n) is 9.64. The van der Waals surface area contributed by atoms with Crippen LogP contribution in [0.25, 0.3) is 55.7 Å². The SMILES string of the molecule is c1ccc(-c2cccc3[nH]c(-c4n[nH]c5cnc(-c6cncc(OC7CCCCC7)c6)cc45)cc23)nc1. The summed E-state index contributed by atoms with van der Waals surface area (Å²) in [6, 6.07) is 18.5.